The highest BCUT2D eigenvalue weighted by Crippen LogP contribution is 2.31. The Labute approximate surface area is 159 Å². The molecule has 0 radical (unpaired) electrons. The van der Waals surface area contributed by atoms with Crippen LogP contribution in [0.2, 0.25) is 5.02 Å². The molecule has 0 bridgehead atoms. The van der Waals surface area contributed by atoms with Crippen molar-refractivity contribution in [2.24, 2.45) is 0 Å². The predicted octanol–water partition coefficient (Wildman–Crippen LogP) is 5.23. The van der Waals surface area contributed by atoms with Crippen LogP contribution in [0.15, 0.2) is 60.8 Å². The number of hydrogen-bond acceptors (Lipinski definition) is 3. The summed E-state index contributed by atoms with van der Waals surface area (Å²) in [6.07, 6.45) is 2.58. The molecule has 1 N–H and O–H groups in total. The Morgan fingerprint density at radius 2 is 1.77 bits per heavy atom. The van der Waals surface area contributed by atoms with Crippen LogP contribution >= 0.6 is 11.6 Å². The van der Waals surface area contributed by atoms with E-state index in [0.717, 1.165) is 34.2 Å². The number of rotatable bonds is 5. The van der Waals surface area contributed by atoms with Gasteiger partial charge in [-0.25, -0.2) is 4.98 Å². The van der Waals surface area contributed by atoms with Crippen molar-refractivity contribution >= 4 is 11.6 Å². The summed E-state index contributed by atoms with van der Waals surface area (Å²) < 4.78 is 5.42. The van der Waals surface area contributed by atoms with Gasteiger partial charge in [-0.15, -0.1) is 0 Å². The number of ether oxygens (including phenoxy) is 1. The summed E-state index contributed by atoms with van der Waals surface area (Å²) in [7, 11) is 1.62. The molecule has 0 aliphatic heterocycles. The number of methoxy groups -OCH3 is 1. The Hall–Kier alpha value is -2.36. The minimum absolute atomic E-state index is 0.577. The number of aromatic nitrogens is 1. The van der Waals surface area contributed by atoms with Crippen LogP contribution in [-0.2, 0) is 12.0 Å². The standard InChI is InChI=1S/C22H22ClNO2/c1-22(2,25)18-9-7-15(8-10-18)11-16-12-20(21(26-3)24-14-16)17-5-4-6-19(23)13-17/h4-10,12-14,25H,11H2,1-3H3. The van der Waals surface area contributed by atoms with Crippen molar-refractivity contribution in [3.63, 3.8) is 0 Å². The van der Waals surface area contributed by atoms with Gasteiger partial charge in [0.1, 0.15) is 0 Å². The molecule has 0 atom stereocenters. The second-order valence-corrected chi connectivity index (χ2v) is 7.28. The van der Waals surface area contributed by atoms with E-state index in [1.54, 1.807) is 21.0 Å². The molecule has 0 fully saturated rings. The lowest BCUT2D eigenvalue weighted by molar-refractivity contribution is 0.0786. The maximum Gasteiger partial charge on any atom is 0.221 e. The van der Waals surface area contributed by atoms with Gasteiger partial charge in [0.25, 0.3) is 0 Å². The van der Waals surface area contributed by atoms with E-state index >= 15 is 0 Å². The van der Waals surface area contributed by atoms with Crippen molar-refractivity contribution in [1.82, 2.24) is 4.98 Å². The van der Waals surface area contributed by atoms with Crippen molar-refractivity contribution in [2.45, 2.75) is 25.9 Å². The number of benzene rings is 2. The van der Waals surface area contributed by atoms with Gasteiger partial charge in [0, 0.05) is 16.8 Å². The fourth-order valence-electron chi connectivity index (χ4n) is 2.88. The zero-order valence-electron chi connectivity index (χ0n) is 15.2. The highest BCUT2D eigenvalue weighted by atomic mass is 35.5. The number of aliphatic hydroxyl groups is 1. The molecule has 4 heteroatoms. The first-order valence-electron chi connectivity index (χ1n) is 8.47. The third-order valence-corrected chi connectivity index (χ3v) is 4.54. The zero-order valence-corrected chi connectivity index (χ0v) is 15.9. The lowest BCUT2D eigenvalue weighted by atomic mass is 9.95. The average molecular weight is 368 g/mol. The van der Waals surface area contributed by atoms with Crippen LogP contribution in [0, 0.1) is 0 Å². The Bertz CT molecular complexity index is 899. The van der Waals surface area contributed by atoms with E-state index in [1.807, 2.05) is 54.7 Å². The van der Waals surface area contributed by atoms with Crippen molar-refractivity contribution in [3.8, 4) is 17.0 Å². The Morgan fingerprint density at radius 1 is 1.04 bits per heavy atom. The fourth-order valence-corrected chi connectivity index (χ4v) is 3.07. The number of pyridine rings is 1. The van der Waals surface area contributed by atoms with Crippen LogP contribution in [0.25, 0.3) is 11.1 Å². The largest absolute Gasteiger partial charge is 0.481 e. The first-order chi connectivity index (χ1) is 12.4. The number of halogens is 1. The Balaban J connectivity index is 1.91. The zero-order chi connectivity index (χ0) is 18.7. The van der Waals surface area contributed by atoms with E-state index in [-0.39, 0.29) is 0 Å². The average Bonchev–Trinajstić information content (AvgIpc) is 2.61. The van der Waals surface area contributed by atoms with E-state index in [0.29, 0.717) is 10.9 Å². The van der Waals surface area contributed by atoms with Gasteiger partial charge in [-0.05, 0) is 60.7 Å². The molecule has 134 valence electrons. The molecule has 26 heavy (non-hydrogen) atoms. The van der Waals surface area contributed by atoms with Crippen molar-refractivity contribution in [1.29, 1.82) is 0 Å². The summed E-state index contributed by atoms with van der Waals surface area (Å²) in [5.74, 6) is 0.577. The minimum Gasteiger partial charge on any atom is -0.481 e. The van der Waals surface area contributed by atoms with Gasteiger partial charge in [-0.1, -0.05) is 48.0 Å². The maximum atomic E-state index is 10.1. The smallest absolute Gasteiger partial charge is 0.221 e. The van der Waals surface area contributed by atoms with Crippen molar-refractivity contribution in [2.75, 3.05) is 7.11 Å². The molecule has 0 spiro atoms. The lowest BCUT2D eigenvalue weighted by Crippen LogP contribution is -2.15. The molecule has 3 rings (SSSR count). The highest BCUT2D eigenvalue weighted by Gasteiger charge is 2.15. The molecular formula is C22H22ClNO2. The molecule has 0 saturated heterocycles. The summed E-state index contributed by atoms with van der Waals surface area (Å²) in [5.41, 5.74) is 4.19. The summed E-state index contributed by atoms with van der Waals surface area (Å²) >= 11 is 6.13. The summed E-state index contributed by atoms with van der Waals surface area (Å²) in [4.78, 5) is 4.45. The van der Waals surface area contributed by atoms with Crippen LogP contribution in [-0.4, -0.2) is 17.2 Å². The molecule has 0 aliphatic carbocycles. The molecular weight excluding hydrogens is 346 g/mol. The van der Waals surface area contributed by atoms with Gasteiger partial charge < -0.3 is 9.84 Å². The minimum atomic E-state index is -0.833. The summed E-state index contributed by atoms with van der Waals surface area (Å²) in [6, 6.07) is 17.7. The monoisotopic (exact) mass is 367 g/mol. The van der Waals surface area contributed by atoms with Gasteiger partial charge in [-0.2, -0.15) is 0 Å². The van der Waals surface area contributed by atoms with Crippen LogP contribution in [0.3, 0.4) is 0 Å². The molecule has 3 nitrogen and oxygen atoms in total. The fraction of sp³-hybridized carbons (Fsp3) is 0.227. The number of nitrogens with zero attached hydrogens (tertiary/aromatic N) is 1. The second-order valence-electron chi connectivity index (χ2n) is 6.84. The van der Waals surface area contributed by atoms with Crippen LogP contribution in [0.5, 0.6) is 5.88 Å². The van der Waals surface area contributed by atoms with E-state index in [1.165, 1.54) is 0 Å². The molecule has 0 saturated carbocycles. The summed E-state index contributed by atoms with van der Waals surface area (Å²) in [6.45, 7) is 3.57. The predicted molar refractivity (Wildman–Crippen MR) is 106 cm³/mol. The topological polar surface area (TPSA) is 42.4 Å². The molecule has 1 aromatic heterocycles. The first kappa shape index (κ1) is 18.4. The van der Waals surface area contributed by atoms with Crippen LogP contribution < -0.4 is 4.74 Å². The van der Waals surface area contributed by atoms with Gasteiger partial charge in [0.05, 0.1) is 12.7 Å². The molecule has 2 aromatic carbocycles. The second kappa shape index (κ2) is 7.48. The Morgan fingerprint density at radius 3 is 2.38 bits per heavy atom. The molecule has 1 heterocycles. The van der Waals surface area contributed by atoms with Gasteiger partial charge in [0.15, 0.2) is 0 Å². The van der Waals surface area contributed by atoms with Crippen molar-refractivity contribution < 1.29 is 9.84 Å². The quantitative estimate of drug-likeness (QED) is 0.671. The van der Waals surface area contributed by atoms with Gasteiger partial charge >= 0.3 is 0 Å². The molecule has 0 amide bonds. The SMILES string of the molecule is COc1ncc(Cc2ccc(C(C)(C)O)cc2)cc1-c1cccc(Cl)c1. The van der Waals surface area contributed by atoms with Crippen LogP contribution in [0.4, 0.5) is 0 Å². The maximum absolute atomic E-state index is 10.1. The molecule has 0 aliphatic rings. The third-order valence-electron chi connectivity index (χ3n) is 4.31. The van der Waals surface area contributed by atoms with Crippen LogP contribution in [0.1, 0.15) is 30.5 Å². The first-order valence-corrected chi connectivity index (χ1v) is 8.85. The van der Waals surface area contributed by atoms with E-state index in [4.69, 9.17) is 16.3 Å². The highest BCUT2D eigenvalue weighted by molar-refractivity contribution is 6.30. The third kappa shape index (κ3) is 4.24. The molecule has 0 unspecified atom stereocenters. The van der Waals surface area contributed by atoms with Gasteiger partial charge in [0.2, 0.25) is 5.88 Å². The van der Waals surface area contributed by atoms with E-state index < -0.39 is 5.60 Å². The van der Waals surface area contributed by atoms with Gasteiger partial charge in [-0.3, -0.25) is 0 Å². The van der Waals surface area contributed by atoms with E-state index in [2.05, 4.69) is 11.1 Å². The lowest BCUT2D eigenvalue weighted by Gasteiger charge is -2.18. The number of hydrogen-bond donors (Lipinski definition) is 1. The Kier molecular flexibility index (Phi) is 5.30. The molecule has 3 aromatic rings. The van der Waals surface area contributed by atoms with Crippen molar-refractivity contribution in [3.05, 3.63) is 82.5 Å². The summed E-state index contributed by atoms with van der Waals surface area (Å²) in [5, 5.41) is 10.8. The van der Waals surface area contributed by atoms with E-state index in [9.17, 15) is 5.11 Å². The normalized spacial score (nSPS) is 11.4.